The van der Waals surface area contributed by atoms with Gasteiger partial charge in [-0.15, -0.1) is 11.6 Å². The van der Waals surface area contributed by atoms with Crippen molar-refractivity contribution in [2.24, 2.45) is 16.7 Å². The Kier molecular flexibility index (Phi) is 3.07. The molecule has 3 rings (SSSR count). The Morgan fingerprint density at radius 3 is 2.45 bits per heavy atom. The van der Waals surface area contributed by atoms with Gasteiger partial charge in [-0.25, -0.2) is 9.97 Å². The summed E-state index contributed by atoms with van der Waals surface area (Å²) in [6.07, 6.45) is 1.67. The van der Waals surface area contributed by atoms with E-state index in [1.165, 1.54) is 0 Å². The molecule has 0 unspecified atom stereocenters. The van der Waals surface area contributed by atoms with Crippen molar-refractivity contribution >= 4 is 34.4 Å². The van der Waals surface area contributed by atoms with Crippen LogP contribution in [0.3, 0.4) is 0 Å². The second-order valence-corrected chi connectivity index (χ2v) is 7.47. The van der Waals surface area contributed by atoms with Crippen molar-refractivity contribution in [3.05, 3.63) is 23.1 Å². The van der Waals surface area contributed by atoms with E-state index in [9.17, 15) is 0 Å². The lowest BCUT2D eigenvalue weighted by atomic mass is 10.0. The summed E-state index contributed by atoms with van der Waals surface area (Å²) < 4.78 is 2.15. The van der Waals surface area contributed by atoms with E-state index in [-0.39, 0.29) is 0 Å². The largest absolute Gasteiger partial charge is 0.311 e. The molecular weight excluding hydrogens is 293 g/mol. The summed E-state index contributed by atoms with van der Waals surface area (Å²) in [6, 6.07) is 1.85. The van der Waals surface area contributed by atoms with E-state index in [0.29, 0.717) is 27.7 Å². The molecule has 0 saturated heterocycles. The molecule has 20 heavy (non-hydrogen) atoms. The van der Waals surface area contributed by atoms with Crippen molar-refractivity contribution in [1.82, 2.24) is 14.5 Å². The Labute approximate surface area is 129 Å². The Morgan fingerprint density at radius 2 is 1.90 bits per heavy atom. The van der Waals surface area contributed by atoms with Crippen molar-refractivity contribution in [2.45, 2.75) is 40.1 Å². The Morgan fingerprint density at radius 1 is 1.25 bits per heavy atom. The molecule has 1 fully saturated rings. The zero-order chi connectivity index (χ0) is 14.7. The molecule has 0 atom stereocenters. The predicted octanol–water partition coefficient (Wildman–Crippen LogP) is 4.51. The number of hydrogen-bond donors (Lipinski definition) is 0. The summed E-state index contributed by atoms with van der Waals surface area (Å²) >= 11 is 12.0. The fraction of sp³-hybridized carbons (Fsp3) is 0.600. The lowest BCUT2D eigenvalue weighted by Crippen LogP contribution is -2.08. The SMILES string of the molecule is CC1(C)C(Cn2c(CCl)nc3cc(Cl)cnc32)C1(C)C. The minimum absolute atomic E-state index is 0.333. The van der Waals surface area contributed by atoms with Gasteiger partial charge >= 0.3 is 0 Å². The summed E-state index contributed by atoms with van der Waals surface area (Å²) in [5.74, 6) is 1.86. The molecule has 0 radical (unpaired) electrons. The van der Waals surface area contributed by atoms with Gasteiger partial charge < -0.3 is 4.57 Å². The average Bonchev–Trinajstić information content (AvgIpc) is 2.69. The summed E-state index contributed by atoms with van der Waals surface area (Å²) in [5.41, 5.74) is 2.37. The molecule has 1 aliphatic rings. The summed E-state index contributed by atoms with van der Waals surface area (Å²) in [4.78, 5) is 8.99. The molecule has 0 amide bonds. The Balaban J connectivity index is 2.03. The zero-order valence-corrected chi connectivity index (χ0v) is 13.8. The van der Waals surface area contributed by atoms with Gasteiger partial charge in [0.15, 0.2) is 5.65 Å². The predicted molar refractivity (Wildman–Crippen MR) is 83.1 cm³/mol. The summed E-state index contributed by atoms with van der Waals surface area (Å²) in [6.45, 7) is 10.2. The molecule has 108 valence electrons. The van der Waals surface area contributed by atoms with E-state index < -0.39 is 0 Å². The maximum Gasteiger partial charge on any atom is 0.160 e. The smallest absolute Gasteiger partial charge is 0.160 e. The molecule has 0 spiro atoms. The quantitative estimate of drug-likeness (QED) is 0.781. The second kappa shape index (κ2) is 4.35. The molecule has 0 bridgehead atoms. The van der Waals surface area contributed by atoms with Crippen molar-refractivity contribution < 1.29 is 0 Å². The van der Waals surface area contributed by atoms with E-state index >= 15 is 0 Å². The van der Waals surface area contributed by atoms with Gasteiger partial charge in [0.1, 0.15) is 11.3 Å². The highest BCUT2D eigenvalue weighted by Gasteiger charge is 2.64. The van der Waals surface area contributed by atoms with Crippen molar-refractivity contribution in [3.63, 3.8) is 0 Å². The zero-order valence-electron chi connectivity index (χ0n) is 12.2. The number of aromatic nitrogens is 3. The van der Waals surface area contributed by atoms with E-state index in [1.807, 2.05) is 6.07 Å². The summed E-state index contributed by atoms with van der Waals surface area (Å²) in [5, 5.41) is 0.607. The van der Waals surface area contributed by atoms with Crippen LogP contribution in [-0.2, 0) is 12.4 Å². The number of fused-ring (bicyclic) bond motifs is 1. The van der Waals surface area contributed by atoms with Gasteiger partial charge in [0.2, 0.25) is 0 Å². The lowest BCUT2D eigenvalue weighted by molar-refractivity contribution is 0.457. The standard InChI is InChI=1S/C15H19Cl2N3/c1-14(2)11(15(14,3)4)8-20-12(6-16)19-10-5-9(17)7-18-13(10)20/h5,7,11H,6,8H2,1-4H3. The highest BCUT2D eigenvalue weighted by molar-refractivity contribution is 6.31. The third kappa shape index (κ3) is 1.86. The molecule has 5 heteroatoms. The van der Waals surface area contributed by atoms with Crippen LogP contribution >= 0.6 is 23.2 Å². The van der Waals surface area contributed by atoms with E-state index in [2.05, 4.69) is 42.2 Å². The van der Waals surface area contributed by atoms with Crippen LogP contribution in [0.1, 0.15) is 33.5 Å². The van der Waals surface area contributed by atoms with Crippen LogP contribution in [-0.4, -0.2) is 14.5 Å². The van der Waals surface area contributed by atoms with Crippen LogP contribution in [0.25, 0.3) is 11.2 Å². The van der Waals surface area contributed by atoms with E-state index in [1.54, 1.807) is 6.20 Å². The van der Waals surface area contributed by atoms with Crippen LogP contribution in [0.4, 0.5) is 0 Å². The number of imidazole rings is 1. The van der Waals surface area contributed by atoms with Crippen LogP contribution < -0.4 is 0 Å². The molecule has 0 aromatic carbocycles. The molecule has 3 nitrogen and oxygen atoms in total. The number of pyridine rings is 1. The fourth-order valence-electron chi connectivity index (χ4n) is 3.30. The second-order valence-electron chi connectivity index (χ2n) is 6.76. The Bertz CT molecular complexity index is 659. The minimum atomic E-state index is 0.333. The van der Waals surface area contributed by atoms with Crippen LogP contribution in [0.15, 0.2) is 12.3 Å². The number of halogens is 2. The monoisotopic (exact) mass is 311 g/mol. The third-order valence-electron chi connectivity index (χ3n) is 5.43. The van der Waals surface area contributed by atoms with Gasteiger partial charge in [-0.2, -0.15) is 0 Å². The minimum Gasteiger partial charge on any atom is -0.311 e. The van der Waals surface area contributed by atoms with Gasteiger partial charge in [0, 0.05) is 12.7 Å². The molecule has 2 heterocycles. The maximum absolute atomic E-state index is 6.05. The lowest BCUT2D eigenvalue weighted by Gasteiger charge is -2.08. The topological polar surface area (TPSA) is 30.7 Å². The van der Waals surface area contributed by atoms with Gasteiger partial charge in [-0.1, -0.05) is 39.3 Å². The van der Waals surface area contributed by atoms with Crippen LogP contribution in [0, 0.1) is 16.7 Å². The molecule has 1 saturated carbocycles. The Hall–Kier alpha value is -0.800. The van der Waals surface area contributed by atoms with E-state index in [4.69, 9.17) is 23.2 Å². The third-order valence-corrected chi connectivity index (χ3v) is 5.88. The number of hydrogen-bond acceptors (Lipinski definition) is 2. The first-order chi connectivity index (χ1) is 9.29. The van der Waals surface area contributed by atoms with Crippen LogP contribution in [0.5, 0.6) is 0 Å². The number of rotatable bonds is 3. The van der Waals surface area contributed by atoms with E-state index in [0.717, 1.165) is 23.5 Å². The highest BCUT2D eigenvalue weighted by atomic mass is 35.5. The first-order valence-electron chi connectivity index (χ1n) is 6.85. The molecule has 2 aromatic heterocycles. The highest BCUT2D eigenvalue weighted by Crippen LogP contribution is 2.69. The van der Waals surface area contributed by atoms with Crippen molar-refractivity contribution in [1.29, 1.82) is 0 Å². The number of alkyl halides is 1. The molecule has 0 aliphatic heterocycles. The normalized spacial score (nSPS) is 20.5. The molecule has 1 aliphatic carbocycles. The molecule has 0 N–H and O–H groups in total. The van der Waals surface area contributed by atoms with Crippen molar-refractivity contribution in [2.75, 3.05) is 0 Å². The fourth-order valence-corrected chi connectivity index (χ4v) is 3.66. The first-order valence-corrected chi connectivity index (χ1v) is 7.77. The van der Waals surface area contributed by atoms with Crippen molar-refractivity contribution in [3.8, 4) is 0 Å². The van der Waals surface area contributed by atoms with Crippen LogP contribution in [0.2, 0.25) is 5.02 Å². The van der Waals surface area contributed by atoms with Gasteiger partial charge in [0.05, 0.1) is 10.9 Å². The average molecular weight is 312 g/mol. The maximum atomic E-state index is 6.05. The van der Waals surface area contributed by atoms with Gasteiger partial charge in [-0.3, -0.25) is 0 Å². The number of nitrogens with zero attached hydrogens (tertiary/aromatic N) is 3. The van der Waals surface area contributed by atoms with Gasteiger partial charge in [-0.05, 0) is 22.8 Å². The molecule has 2 aromatic rings. The van der Waals surface area contributed by atoms with Gasteiger partial charge in [0.25, 0.3) is 0 Å². The molecular formula is C15H19Cl2N3. The summed E-state index contributed by atoms with van der Waals surface area (Å²) in [7, 11) is 0. The first kappa shape index (κ1) is 14.2.